The van der Waals surface area contributed by atoms with Gasteiger partial charge in [0.15, 0.2) is 0 Å². The van der Waals surface area contributed by atoms with E-state index in [0.717, 1.165) is 5.92 Å². The molecule has 0 heterocycles. The molecule has 0 aromatic rings. The van der Waals surface area contributed by atoms with Crippen LogP contribution in [0.4, 0.5) is 0 Å². The van der Waals surface area contributed by atoms with Gasteiger partial charge in [0, 0.05) is 0 Å². The maximum Gasteiger partial charge on any atom is -0.00905 e. The zero-order valence-corrected chi connectivity index (χ0v) is 15.4. The highest BCUT2D eigenvalue weighted by atomic mass is 14.4. The molecular weight excluding hydrogens is 264 g/mol. The number of fused-ring (bicyclic) bond motifs is 2. The van der Waals surface area contributed by atoms with E-state index < -0.39 is 0 Å². The van der Waals surface area contributed by atoms with Crippen molar-refractivity contribution in [2.45, 2.75) is 91.9 Å². The van der Waals surface area contributed by atoms with Crippen molar-refractivity contribution in [1.82, 2.24) is 0 Å². The van der Waals surface area contributed by atoms with Crippen LogP contribution in [0.25, 0.3) is 0 Å². The Hall–Kier alpha value is -0.780. The highest BCUT2D eigenvalue weighted by Crippen LogP contribution is 2.46. The van der Waals surface area contributed by atoms with Crippen molar-refractivity contribution in [2.75, 3.05) is 0 Å². The van der Waals surface area contributed by atoms with Crippen molar-refractivity contribution in [3.8, 4) is 0 Å². The van der Waals surface area contributed by atoms with Crippen LogP contribution in [-0.4, -0.2) is 0 Å². The van der Waals surface area contributed by atoms with Gasteiger partial charge in [-0.1, -0.05) is 75.0 Å². The van der Waals surface area contributed by atoms with Gasteiger partial charge in [-0.2, -0.15) is 0 Å². The molecule has 2 atom stereocenters. The second-order valence-corrected chi connectivity index (χ2v) is 7.73. The predicted molar refractivity (Wildman–Crippen MR) is 99.0 cm³/mol. The quantitative estimate of drug-likeness (QED) is 0.367. The van der Waals surface area contributed by atoms with Crippen molar-refractivity contribution in [3.05, 3.63) is 34.9 Å². The molecule has 0 N–H and O–H groups in total. The number of hydrogen-bond donors (Lipinski definition) is 0. The fraction of sp³-hybridized carbons (Fsp3) is 0.727. The third-order valence-electron chi connectivity index (χ3n) is 6.38. The summed E-state index contributed by atoms with van der Waals surface area (Å²) in [5.41, 5.74) is 5.47. The van der Waals surface area contributed by atoms with Gasteiger partial charge >= 0.3 is 0 Å². The summed E-state index contributed by atoms with van der Waals surface area (Å²) in [6.07, 6.45) is 20.6. The van der Waals surface area contributed by atoms with Crippen molar-refractivity contribution in [3.63, 3.8) is 0 Å². The number of allylic oxidation sites excluding steroid dienone is 6. The largest absolute Gasteiger partial charge is 0.0847 e. The Bertz CT molecular complexity index is 449. The lowest BCUT2D eigenvalue weighted by molar-refractivity contribution is 0.204. The van der Waals surface area contributed by atoms with Gasteiger partial charge in [0.05, 0.1) is 0 Å². The molecule has 124 valence electrons. The zero-order valence-electron chi connectivity index (χ0n) is 15.4. The lowest BCUT2D eigenvalue weighted by Gasteiger charge is -2.40. The molecule has 2 bridgehead atoms. The molecule has 0 amide bonds. The maximum absolute atomic E-state index is 2.56. The summed E-state index contributed by atoms with van der Waals surface area (Å²) in [5.74, 6) is 0.823. The monoisotopic (exact) mass is 300 g/mol. The van der Waals surface area contributed by atoms with E-state index in [4.69, 9.17) is 0 Å². The van der Waals surface area contributed by atoms with Gasteiger partial charge in [-0.25, -0.2) is 0 Å². The minimum absolute atomic E-state index is 0.396. The summed E-state index contributed by atoms with van der Waals surface area (Å²) in [4.78, 5) is 0. The molecule has 2 unspecified atom stereocenters. The van der Waals surface area contributed by atoms with Crippen LogP contribution in [0, 0.1) is 11.3 Å². The number of rotatable bonds is 5. The Labute approximate surface area is 138 Å². The molecule has 0 spiro atoms. The van der Waals surface area contributed by atoms with Crippen LogP contribution in [0.3, 0.4) is 0 Å². The summed E-state index contributed by atoms with van der Waals surface area (Å²) in [7, 11) is 0. The Morgan fingerprint density at radius 3 is 2.59 bits per heavy atom. The third kappa shape index (κ3) is 4.15. The molecule has 0 heteroatoms. The zero-order chi connectivity index (χ0) is 16.0. The summed E-state index contributed by atoms with van der Waals surface area (Å²) >= 11 is 0. The molecule has 0 aromatic heterocycles. The van der Waals surface area contributed by atoms with Gasteiger partial charge in [-0.3, -0.25) is 0 Å². The fourth-order valence-corrected chi connectivity index (χ4v) is 4.37. The van der Waals surface area contributed by atoms with Crippen LogP contribution in [0.15, 0.2) is 34.9 Å². The first-order chi connectivity index (χ1) is 10.6. The second kappa shape index (κ2) is 8.18. The van der Waals surface area contributed by atoms with E-state index in [1.54, 1.807) is 16.7 Å². The first-order valence-electron chi connectivity index (χ1n) is 9.63. The molecule has 2 aliphatic rings. The van der Waals surface area contributed by atoms with Crippen LogP contribution < -0.4 is 0 Å². The van der Waals surface area contributed by atoms with Gasteiger partial charge in [0.1, 0.15) is 0 Å². The molecule has 2 rings (SSSR count). The summed E-state index contributed by atoms with van der Waals surface area (Å²) in [5, 5.41) is 0. The van der Waals surface area contributed by atoms with E-state index in [0.29, 0.717) is 5.41 Å². The Kier molecular flexibility index (Phi) is 6.53. The van der Waals surface area contributed by atoms with Crippen LogP contribution in [0.1, 0.15) is 91.9 Å². The van der Waals surface area contributed by atoms with Crippen LogP contribution in [0.5, 0.6) is 0 Å². The summed E-state index contributed by atoms with van der Waals surface area (Å²) in [6, 6.07) is 0. The van der Waals surface area contributed by atoms with E-state index in [9.17, 15) is 0 Å². The summed E-state index contributed by atoms with van der Waals surface area (Å²) in [6.45, 7) is 9.66. The van der Waals surface area contributed by atoms with E-state index in [2.05, 4.69) is 45.9 Å². The van der Waals surface area contributed by atoms with Gasteiger partial charge in [-0.05, 0) is 63.2 Å². The molecule has 0 radical (unpaired) electrons. The first kappa shape index (κ1) is 17.6. The van der Waals surface area contributed by atoms with Crippen LogP contribution in [-0.2, 0) is 0 Å². The van der Waals surface area contributed by atoms with Crippen LogP contribution in [0.2, 0.25) is 0 Å². The van der Waals surface area contributed by atoms with Crippen molar-refractivity contribution < 1.29 is 0 Å². The maximum atomic E-state index is 2.56. The van der Waals surface area contributed by atoms with E-state index >= 15 is 0 Å². The Balaban J connectivity index is 2.25. The average Bonchev–Trinajstić information content (AvgIpc) is 2.53. The molecule has 22 heavy (non-hydrogen) atoms. The molecule has 0 saturated carbocycles. The lowest BCUT2D eigenvalue weighted by Crippen LogP contribution is -2.29. The first-order valence-corrected chi connectivity index (χ1v) is 9.63. The molecule has 0 aliphatic heterocycles. The van der Waals surface area contributed by atoms with E-state index in [-0.39, 0.29) is 0 Å². The highest BCUT2D eigenvalue weighted by molar-refractivity contribution is 5.26. The molecule has 0 nitrogen and oxygen atoms in total. The topological polar surface area (TPSA) is 0 Å². The second-order valence-electron chi connectivity index (χ2n) is 7.73. The minimum atomic E-state index is 0.396. The van der Waals surface area contributed by atoms with Gasteiger partial charge in [0.2, 0.25) is 0 Å². The normalized spacial score (nSPS) is 31.8. The Morgan fingerprint density at radius 2 is 1.86 bits per heavy atom. The molecule has 0 aromatic carbocycles. The van der Waals surface area contributed by atoms with Gasteiger partial charge < -0.3 is 0 Å². The van der Waals surface area contributed by atoms with E-state index in [1.807, 2.05) is 0 Å². The molecule has 0 saturated heterocycles. The van der Waals surface area contributed by atoms with Crippen molar-refractivity contribution in [1.29, 1.82) is 0 Å². The summed E-state index contributed by atoms with van der Waals surface area (Å²) < 4.78 is 0. The molecule has 2 aliphatic carbocycles. The third-order valence-corrected chi connectivity index (χ3v) is 6.38. The number of unbranched alkanes of at least 4 members (excludes halogenated alkanes) is 2. The van der Waals surface area contributed by atoms with Crippen molar-refractivity contribution >= 4 is 0 Å². The minimum Gasteiger partial charge on any atom is -0.0847 e. The predicted octanol–water partition coefficient (Wildman–Crippen LogP) is 7.38. The average molecular weight is 301 g/mol. The standard InChI is InChI=1S/C22H36/c1-5-7-8-15-21-17-20-14-10-13-19(16-20)12-9-11-18(3)22(21,4)6-2/h11,13-14,21H,5-10,12,15-17H2,1-4H3/b18-11-. The lowest BCUT2D eigenvalue weighted by atomic mass is 9.65. The number of hydrogen-bond acceptors (Lipinski definition) is 0. The van der Waals surface area contributed by atoms with Gasteiger partial charge in [-0.15, -0.1) is 0 Å². The molecular formula is C22H36. The van der Waals surface area contributed by atoms with Crippen LogP contribution >= 0.6 is 0 Å². The van der Waals surface area contributed by atoms with E-state index in [1.165, 1.54) is 64.2 Å². The highest BCUT2D eigenvalue weighted by Gasteiger charge is 2.34. The van der Waals surface area contributed by atoms with Crippen molar-refractivity contribution in [2.24, 2.45) is 11.3 Å². The Morgan fingerprint density at radius 1 is 1.09 bits per heavy atom. The SMILES string of the molecule is CCCCCC1CC2=CCC=C(CC/C=C(/C)C1(C)CC)C2. The fourth-order valence-electron chi connectivity index (χ4n) is 4.37. The smallest absolute Gasteiger partial charge is 0.00905 e. The van der Waals surface area contributed by atoms with Gasteiger partial charge in [0.25, 0.3) is 0 Å². The molecule has 0 fully saturated rings.